The molecule has 1 heterocycles. The molecule has 2 aromatic rings. The van der Waals surface area contributed by atoms with Crippen LogP contribution >= 0.6 is 34.7 Å². The monoisotopic (exact) mass is 228 g/mol. The van der Waals surface area contributed by atoms with Gasteiger partial charge in [-0.15, -0.1) is 11.3 Å². The molecule has 0 bridgehead atoms. The van der Waals surface area contributed by atoms with Crippen molar-refractivity contribution >= 4 is 44.8 Å². The maximum atomic E-state index is 6.07. The van der Waals surface area contributed by atoms with E-state index in [0.717, 1.165) is 10.8 Å². The zero-order valence-electron chi connectivity index (χ0n) is 7.21. The van der Waals surface area contributed by atoms with Crippen LogP contribution in [0.15, 0.2) is 24.3 Å². The molecule has 0 unspecified atom stereocenters. The Labute approximate surface area is 90.9 Å². The van der Waals surface area contributed by atoms with Gasteiger partial charge in [-0.05, 0) is 24.5 Å². The van der Waals surface area contributed by atoms with E-state index in [1.54, 1.807) is 0 Å². The minimum absolute atomic E-state index is 0.862. The first kappa shape index (κ1) is 9.38. The molecule has 1 aromatic heterocycles. The van der Waals surface area contributed by atoms with E-state index in [4.69, 9.17) is 11.6 Å². The Morgan fingerprint density at radius 1 is 1.46 bits per heavy atom. The summed E-state index contributed by atoms with van der Waals surface area (Å²) in [5.41, 5.74) is 0. The summed E-state index contributed by atoms with van der Waals surface area (Å²) in [6.07, 6.45) is 2.12. The lowest BCUT2D eigenvalue weighted by molar-refractivity contribution is 1.56. The highest BCUT2D eigenvalue weighted by Gasteiger charge is 2.03. The summed E-state index contributed by atoms with van der Waals surface area (Å²) < 4.78 is 1.29. The highest BCUT2D eigenvalue weighted by atomic mass is 35.5. The van der Waals surface area contributed by atoms with Crippen molar-refractivity contribution in [3.63, 3.8) is 0 Å². The van der Waals surface area contributed by atoms with Gasteiger partial charge in [0.05, 0.1) is 0 Å². The third-order valence-electron chi connectivity index (χ3n) is 1.85. The SMILES string of the molecule is CSCc1cc2c(Cl)cccc2s1. The van der Waals surface area contributed by atoms with Crippen LogP contribution in [-0.4, -0.2) is 6.26 Å². The van der Waals surface area contributed by atoms with Crippen LogP contribution in [0.4, 0.5) is 0 Å². The van der Waals surface area contributed by atoms with Gasteiger partial charge in [0.25, 0.3) is 0 Å². The van der Waals surface area contributed by atoms with Gasteiger partial charge in [-0.25, -0.2) is 0 Å². The molecule has 2 rings (SSSR count). The van der Waals surface area contributed by atoms with Crippen LogP contribution in [0.1, 0.15) is 4.88 Å². The van der Waals surface area contributed by atoms with E-state index in [-0.39, 0.29) is 0 Å². The fourth-order valence-corrected chi connectivity index (χ4v) is 3.42. The fourth-order valence-electron chi connectivity index (χ4n) is 1.29. The van der Waals surface area contributed by atoms with Crippen molar-refractivity contribution in [2.45, 2.75) is 5.75 Å². The molecule has 0 radical (unpaired) electrons. The summed E-state index contributed by atoms with van der Waals surface area (Å²) in [6, 6.07) is 8.26. The molecule has 68 valence electrons. The van der Waals surface area contributed by atoms with E-state index in [2.05, 4.69) is 18.4 Å². The van der Waals surface area contributed by atoms with E-state index in [1.807, 2.05) is 35.2 Å². The molecule has 0 amide bonds. The molecule has 0 saturated carbocycles. The first-order valence-electron chi connectivity index (χ1n) is 3.97. The van der Waals surface area contributed by atoms with Crippen LogP contribution in [0.5, 0.6) is 0 Å². The van der Waals surface area contributed by atoms with E-state index in [1.165, 1.54) is 15.0 Å². The van der Waals surface area contributed by atoms with Gasteiger partial charge in [0.1, 0.15) is 0 Å². The lowest BCUT2D eigenvalue weighted by atomic mass is 10.2. The van der Waals surface area contributed by atoms with Gasteiger partial charge in [0.2, 0.25) is 0 Å². The summed E-state index contributed by atoms with van der Waals surface area (Å²) in [7, 11) is 0. The van der Waals surface area contributed by atoms with Crippen LogP contribution in [0, 0.1) is 0 Å². The molecule has 0 nitrogen and oxygen atoms in total. The summed E-state index contributed by atoms with van der Waals surface area (Å²) in [5, 5.41) is 2.05. The maximum absolute atomic E-state index is 6.07. The molecule has 0 aliphatic rings. The Morgan fingerprint density at radius 2 is 2.31 bits per heavy atom. The molecular formula is C10H9ClS2. The lowest BCUT2D eigenvalue weighted by Crippen LogP contribution is -1.67. The van der Waals surface area contributed by atoms with Gasteiger partial charge in [-0.3, -0.25) is 0 Å². The van der Waals surface area contributed by atoms with Crippen molar-refractivity contribution in [2.75, 3.05) is 6.26 Å². The number of hydrogen-bond acceptors (Lipinski definition) is 2. The lowest BCUT2D eigenvalue weighted by Gasteiger charge is -1.89. The topological polar surface area (TPSA) is 0 Å². The Balaban J connectivity index is 2.55. The Morgan fingerprint density at radius 3 is 3.00 bits per heavy atom. The zero-order valence-corrected chi connectivity index (χ0v) is 9.60. The molecule has 0 atom stereocenters. The summed E-state index contributed by atoms with van der Waals surface area (Å²) >= 11 is 9.74. The molecule has 1 aromatic carbocycles. The minimum Gasteiger partial charge on any atom is -0.160 e. The van der Waals surface area contributed by atoms with E-state index < -0.39 is 0 Å². The number of halogens is 1. The number of thiophene rings is 1. The fraction of sp³-hybridized carbons (Fsp3) is 0.200. The number of hydrogen-bond donors (Lipinski definition) is 0. The molecule has 0 aliphatic heterocycles. The number of thioether (sulfide) groups is 1. The number of benzene rings is 1. The van der Waals surface area contributed by atoms with Crippen molar-refractivity contribution in [3.05, 3.63) is 34.2 Å². The second kappa shape index (κ2) is 3.91. The van der Waals surface area contributed by atoms with E-state index in [0.29, 0.717) is 0 Å². The average molecular weight is 229 g/mol. The van der Waals surface area contributed by atoms with Crippen molar-refractivity contribution in [1.82, 2.24) is 0 Å². The highest BCUT2D eigenvalue weighted by Crippen LogP contribution is 2.32. The first-order chi connectivity index (χ1) is 6.31. The summed E-state index contributed by atoms with van der Waals surface area (Å²) in [5.74, 6) is 1.08. The quantitative estimate of drug-likeness (QED) is 0.734. The largest absolute Gasteiger partial charge is 0.160 e. The Kier molecular flexibility index (Phi) is 2.82. The highest BCUT2D eigenvalue weighted by molar-refractivity contribution is 7.97. The van der Waals surface area contributed by atoms with E-state index in [9.17, 15) is 0 Å². The molecule has 0 aliphatic carbocycles. The van der Waals surface area contributed by atoms with Crippen molar-refractivity contribution in [3.8, 4) is 0 Å². The number of rotatable bonds is 2. The van der Waals surface area contributed by atoms with Gasteiger partial charge in [0, 0.05) is 25.7 Å². The third kappa shape index (κ3) is 1.85. The summed E-state index contributed by atoms with van der Waals surface area (Å²) in [6.45, 7) is 0. The average Bonchev–Trinajstić information content (AvgIpc) is 2.49. The molecule has 3 heteroatoms. The number of fused-ring (bicyclic) bond motifs is 1. The first-order valence-corrected chi connectivity index (χ1v) is 6.56. The van der Waals surface area contributed by atoms with Gasteiger partial charge >= 0.3 is 0 Å². The van der Waals surface area contributed by atoms with Crippen molar-refractivity contribution in [2.24, 2.45) is 0 Å². The predicted molar refractivity (Wildman–Crippen MR) is 64.1 cm³/mol. The Bertz CT molecular complexity index is 420. The van der Waals surface area contributed by atoms with Crippen LogP contribution < -0.4 is 0 Å². The van der Waals surface area contributed by atoms with Gasteiger partial charge in [0.15, 0.2) is 0 Å². The maximum Gasteiger partial charge on any atom is 0.0492 e. The Hall–Kier alpha value is -0.180. The molecule has 13 heavy (non-hydrogen) atoms. The second-order valence-corrected chi connectivity index (χ2v) is 5.24. The van der Waals surface area contributed by atoms with E-state index >= 15 is 0 Å². The second-order valence-electron chi connectivity index (χ2n) is 2.80. The van der Waals surface area contributed by atoms with Gasteiger partial charge in [-0.1, -0.05) is 17.7 Å². The third-order valence-corrected chi connectivity index (χ3v) is 4.06. The molecule has 0 N–H and O–H groups in total. The van der Waals surface area contributed by atoms with Gasteiger partial charge < -0.3 is 0 Å². The molecule has 0 saturated heterocycles. The standard InChI is InChI=1S/C10H9ClS2/c1-12-6-7-5-8-9(11)3-2-4-10(8)13-7/h2-5H,6H2,1H3. The van der Waals surface area contributed by atoms with Crippen LogP contribution in [0.25, 0.3) is 10.1 Å². The van der Waals surface area contributed by atoms with Crippen molar-refractivity contribution in [1.29, 1.82) is 0 Å². The molecular weight excluding hydrogens is 220 g/mol. The smallest absolute Gasteiger partial charge is 0.0492 e. The van der Waals surface area contributed by atoms with Gasteiger partial charge in [-0.2, -0.15) is 11.8 Å². The van der Waals surface area contributed by atoms with Crippen LogP contribution in [0.2, 0.25) is 5.02 Å². The molecule has 0 spiro atoms. The normalized spacial score (nSPS) is 10.9. The van der Waals surface area contributed by atoms with Crippen LogP contribution in [0.3, 0.4) is 0 Å². The van der Waals surface area contributed by atoms with Crippen molar-refractivity contribution < 1.29 is 0 Å². The predicted octanol–water partition coefficient (Wildman–Crippen LogP) is 4.42. The summed E-state index contributed by atoms with van der Waals surface area (Å²) in [4.78, 5) is 1.40. The zero-order chi connectivity index (χ0) is 9.26. The molecule has 0 fully saturated rings. The minimum atomic E-state index is 0.862. The van der Waals surface area contributed by atoms with Crippen LogP contribution in [-0.2, 0) is 5.75 Å².